The van der Waals surface area contributed by atoms with Gasteiger partial charge in [-0.3, -0.25) is 9.59 Å². The minimum Gasteiger partial charge on any atom is -0.352 e. The third kappa shape index (κ3) is 7.27. The highest BCUT2D eigenvalue weighted by Gasteiger charge is 2.25. The molecule has 1 saturated carbocycles. The molecule has 28 heavy (non-hydrogen) atoms. The molecular formula is C23H37N3O2. The number of amides is 2. The van der Waals surface area contributed by atoms with Gasteiger partial charge in [-0.05, 0) is 69.6 Å². The summed E-state index contributed by atoms with van der Waals surface area (Å²) in [5, 5.41) is 9.44. The van der Waals surface area contributed by atoms with Crippen molar-refractivity contribution >= 4 is 11.8 Å². The molecule has 0 atom stereocenters. The van der Waals surface area contributed by atoms with E-state index in [1.54, 1.807) is 6.07 Å². The summed E-state index contributed by atoms with van der Waals surface area (Å²) in [7, 11) is 0. The van der Waals surface area contributed by atoms with Crippen molar-refractivity contribution in [3.63, 3.8) is 0 Å². The first-order chi connectivity index (χ1) is 12.9. The Balaban J connectivity index is 1.77. The van der Waals surface area contributed by atoms with Gasteiger partial charge in [0.05, 0.1) is 6.54 Å². The summed E-state index contributed by atoms with van der Waals surface area (Å²) in [6, 6.07) is 8.31. The lowest BCUT2D eigenvalue weighted by molar-refractivity contribution is -0.121. The van der Waals surface area contributed by atoms with E-state index in [1.807, 2.05) is 18.2 Å². The Kier molecular flexibility index (Phi) is 7.27. The molecule has 1 aliphatic carbocycles. The first kappa shape index (κ1) is 22.4. The van der Waals surface area contributed by atoms with E-state index in [0.717, 1.165) is 31.2 Å². The molecule has 1 aliphatic rings. The molecule has 2 rings (SSSR count). The van der Waals surface area contributed by atoms with Crippen molar-refractivity contribution in [3.05, 3.63) is 35.4 Å². The molecule has 0 aliphatic heterocycles. The Morgan fingerprint density at radius 1 is 0.964 bits per heavy atom. The molecule has 2 amide bonds. The number of carbonyl (C=O) groups excluding carboxylic acids is 2. The van der Waals surface area contributed by atoms with Crippen molar-refractivity contribution in [2.45, 2.75) is 90.3 Å². The van der Waals surface area contributed by atoms with Crippen LogP contribution in [0.5, 0.6) is 0 Å². The normalized spacial score (nSPS) is 20.5. The van der Waals surface area contributed by atoms with E-state index in [9.17, 15) is 9.59 Å². The van der Waals surface area contributed by atoms with Gasteiger partial charge in [0.15, 0.2) is 0 Å². The molecule has 1 fully saturated rings. The predicted octanol–water partition coefficient (Wildman–Crippen LogP) is 3.53. The minimum atomic E-state index is -0.209. The number of nitrogens with one attached hydrogen (secondary N) is 3. The molecule has 0 radical (unpaired) electrons. The lowest BCUT2D eigenvalue weighted by Gasteiger charge is -2.34. The van der Waals surface area contributed by atoms with Crippen molar-refractivity contribution in [3.8, 4) is 0 Å². The maximum atomic E-state index is 12.4. The van der Waals surface area contributed by atoms with Gasteiger partial charge in [0.25, 0.3) is 5.91 Å². The number of rotatable bonds is 5. The molecule has 0 unspecified atom stereocenters. The summed E-state index contributed by atoms with van der Waals surface area (Å²) in [5.41, 5.74) is 1.79. The van der Waals surface area contributed by atoms with Crippen LogP contribution in [0.3, 0.4) is 0 Å². The molecule has 1 aromatic carbocycles. The van der Waals surface area contributed by atoms with Gasteiger partial charge in [0, 0.05) is 23.2 Å². The van der Waals surface area contributed by atoms with Gasteiger partial charge >= 0.3 is 0 Å². The fourth-order valence-corrected chi connectivity index (χ4v) is 3.66. The fourth-order valence-electron chi connectivity index (χ4n) is 3.66. The van der Waals surface area contributed by atoms with Crippen LogP contribution < -0.4 is 16.0 Å². The van der Waals surface area contributed by atoms with Crippen molar-refractivity contribution in [2.75, 3.05) is 6.54 Å². The van der Waals surface area contributed by atoms with Crippen LogP contribution in [0.15, 0.2) is 24.3 Å². The highest BCUT2D eigenvalue weighted by molar-refractivity contribution is 5.96. The summed E-state index contributed by atoms with van der Waals surface area (Å²) in [5.74, 6) is -0.327. The molecule has 5 heteroatoms. The first-order valence-corrected chi connectivity index (χ1v) is 10.4. The Morgan fingerprint density at radius 2 is 1.57 bits per heavy atom. The zero-order valence-electron chi connectivity index (χ0n) is 18.3. The van der Waals surface area contributed by atoms with Crippen LogP contribution in [0.2, 0.25) is 0 Å². The van der Waals surface area contributed by atoms with E-state index in [-0.39, 0.29) is 35.4 Å². The van der Waals surface area contributed by atoms with Gasteiger partial charge in [-0.2, -0.15) is 0 Å². The van der Waals surface area contributed by atoms with Crippen LogP contribution in [0.1, 0.15) is 83.1 Å². The lowest BCUT2D eigenvalue weighted by atomic mass is 9.86. The Morgan fingerprint density at radius 3 is 2.14 bits per heavy atom. The lowest BCUT2D eigenvalue weighted by Crippen LogP contribution is -2.49. The van der Waals surface area contributed by atoms with Gasteiger partial charge in [-0.15, -0.1) is 0 Å². The van der Waals surface area contributed by atoms with Crippen molar-refractivity contribution in [2.24, 2.45) is 0 Å². The average Bonchev–Trinajstić information content (AvgIpc) is 2.59. The monoisotopic (exact) mass is 387 g/mol. The van der Waals surface area contributed by atoms with E-state index in [1.165, 1.54) is 0 Å². The Labute approximate surface area is 170 Å². The maximum absolute atomic E-state index is 12.4. The second kappa shape index (κ2) is 9.08. The van der Waals surface area contributed by atoms with Crippen LogP contribution in [-0.4, -0.2) is 36.0 Å². The summed E-state index contributed by atoms with van der Waals surface area (Å²) in [6.45, 7) is 12.9. The number of hydrogen-bond acceptors (Lipinski definition) is 3. The second-order valence-corrected chi connectivity index (χ2v) is 10.0. The minimum absolute atomic E-state index is 0.0126. The zero-order chi connectivity index (χ0) is 20.9. The van der Waals surface area contributed by atoms with Gasteiger partial charge in [0.2, 0.25) is 5.91 Å². The van der Waals surface area contributed by atoms with E-state index in [0.29, 0.717) is 11.6 Å². The molecule has 0 bridgehead atoms. The van der Waals surface area contributed by atoms with Gasteiger partial charge in [-0.1, -0.05) is 32.9 Å². The number of carbonyl (C=O) groups is 2. The van der Waals surface area contributed by atoms with Crippen molar-refractivity contribution in [1.82, 2.24) is 16.0 Å². The van der Waals surface area contributed by atoms with Crippen LogP contribution in [0.4, 0.5) is 0 Å². The van der Waals surface area contributed by atoms with Crippen LogP contribution in [0.25, 0.3) is 0 Å². The topological polar surface area (TPSA) is 70.2 Å². The largest absolute Gasteiger partial charge is 0.352 e. The molecule has 0 spiro atoms. The van der Waals surface area contributed by atoms with Gasteiger partial charge in [-0.25, -0.2) is 0 Å². The Bertz CT molecular complexity index is 678. The molecular weight excluding hydrogens is 350 g/mol. The molecule has 3 N–H and O–H groups in total. The summed E-state index contributed by atoms with van der Waals surface area (Å²) in [6.07, 6.45) is 4.07. The maximum Gasteiger partial charge on any atom is 0.251 e. The second-order valence-electron chi connectivity index (χ2n) is 10.0. The molecule has 0 heterocycles. The quantitative estimate of drug-likeness (QED) is 0.724. The zero-order valence-corrected chi connectivity index (χ0v) is 18.3. The van der Waals surface area contributed by atoms with Crippen LogP contribution >= 0.6 is 0 Å². The third-order valence-electron chi connectivity index (χ3n) is 5.13. The van der Waals surface area contributed by atoms with Gasteiger partial charge in [0.1, 0.15) is 0 Å². The number of benzene rings is 1. The highest BCUT2D eigenvalue weighted by atomic mass is 16.2. The van der Waals surface area contributed by atoms with Crippen molar-refractivity contribution < 1.29 is 9.59 Å². The summed E-state index contributed by atoms with van der Waals surface area (Å²) in [4.78, 5) is 24.6. The third-order valence-corrected chi connectivity index (χ3v) is 5.13. The highest BCUT2D eigenvalue weighted by Crippen LogP contribution is 2.23. The van der Waals surface area contributed by atoms with E-state index >= 15 is 0 Å². The molecule has 0 aromatic heterocycles. The molecule has 156 valence electrons. The molecule has 5 nitrogen and oxygen atoms in total. The average molecular weight is 388 g/mol. The fraction of sp³-hybridized carbons (Fsp3) is 0.652. The summed E-state index contributed by atoms with van der Waals surface area (Å²) >= 11 is 0. The van der Waals surface area contributed by atoms with E-state index in [4.69, 9.17) is 0 Å². The Hall–Kier alpha value is -1.88. The SMILES string of the molecule is CC(C)(C)NC1CCC(NC(=O)CNC(=O)c2cccc(C(C)(C)C)c2)CC1. The molecule has 0 saturated heterocycles. The van der Waals surface area contributed by atoms with Crippen molar-refractivity contribution in [1.29, 1.82) is 0 Å². The molecule has 1 aromatic rings. The predicted molar refractivity (Wildman–Crippen MR) is 115 cm³/mol. The standard InChI is InChI=1S/C23H37N3O2/c1-22(2,3)17-9-7-8-16(14-17)21(28)24-15-20(27)25-18-10-12-19(13-11-18)26-23(4,5)6/h7-9,14,18-19,26H,10-13,15H2,1-6H3,(H,24,28)(H,25,27). The van der Waals surface area contributed by atoms with Crippen LogP contribution in [-0.2, 0) is 10.2 Å². The van der Waals surface area contributed by atoms with Crippen LogP contribution in [0, 0.1) is 0 Å². The van der Waals surface area contributed by atoms with Gasteiger partial charge < -0.3 is 16.0 Å². The summed E-state index contributed by atoms with van der Waals surface area (Å²) < 4.78 is 0. The first-order valence-electron chi connectivity index (χ1n) is 10.4. The number of hydrogen-bond donors (Lipinski definition) is 3. The van der Waals surface area contributed by atoms with E-state index in [2.05, 4.69) is 57.5 Å². The smallest absolute Gasteiger partial charge is 0.251 e. The van der Waals surface area contributed by atoms with E-state index < -0.39 is 0 Å².